The third kappa shape index (κ3) is 7.85. The van der Waals surface area contributed by atoms with Crippen molar-refractivity contribution in [2.45, 2.75) is 42.9 Å². The van der Waals surface area contributed by atoms with Crippen LogP contribution in [0.25, 0.3) is 0 Å². The van der Waals surface area contributed by atoms with Crippen LogP contribution in [0.4, 0.5) is 0 Å². The Morgan fingerprint density at radius 3 is 2.76 bits per heavy atom. The summed E-state index contributed by atoms with van der Waals surface area (Å²) in [5.41, 5.74) is 0. The fourth-order valence-electron chi connectivity index (χ4n) is 2.63. The smallest absolute Gasteiger partial charge is 0.222 e. The van der Waals surface area contributed by atoms with Gasteiger partial charge in [0.05, 0.1) is 6.54 Å². The summed E-state index contributed by atoms with van der Waals surface area (Å²) in [6.45, 7) is 6.56. The second kappa shape index (κ2) is 11.6. The number of benzene rings is 1. The predicted octanol–water partition coefficient (Wildman–Crippen LogP) is 2.96. The minimum Gasteiger partial charge on any atom is -0.357 e. The number of nitrogens with zero attached hydrogens (tertiary/aromatic N) is 2. The molecule has 2 rings (SSSR count). The van der Waals surface area contributed by atoms with Gasteiger partial charge in [0.15, 0.2) is 5.96 Å². The average molecular weight is 476 g/mol. The molecule has 1 aliphatic rings. The van der Waals surface area contributed by atoms with Gasteiger partial charge in [-0.15, -0.1) is 35.7 Å². The zero-order chi connectivity index (χ0) is 17.4. The number of nitrogens with one attached hydrogen (secondary N) is 2. The zero-order valence-electron chi connectivity index (χ0n) is 15.2. The summed E-state index contributed by atoms with van der Waals surface area (Å²) in [5.74, 6) is 1.06. The van der Waals surface area contributed by atoms with Crippen molar-refractivity contribution >= 4 is 47.6 Å². The lowest BCUT2D eigenvalue weighted by Gasteiger charge is -2.31. The Bertz CT molecular complexity index is 555. The van der Waals surface area contributed by atoms with Crippen LogP contribution in [-0.4, -0.2) is 54.7 Å². The van der Waals surface area contributed by atoms with Crippen LogP contribution in [0.2, 0.25) is 0 Å². The highest BCUT2D eigenvalue weighted by atomic mass is 127. The Labute approximate surface area is 172 Å². The van der Waals surface area contributed by atoms with Gasteiger partial charge in [0.2, 0.25) is 5.91 Å². The highest BCUT2D eigenvalue weighted by molar-refractivity contribution is 14.0. The van der Waals surface area contributed by atoms with Gasteiger partial charge in [-0.1, -0.05) is 25.1 Å². The second-order valence-corrected chi connectivity index (χ2v) is 7.63. The van der Waals surface area contributed by atoms with E-state index in [-0.39, 0.29) is 35.9 Å². The summed E-state index contributed by atoms with van der Waals surface area (Å²) in [7, 11) is 1.86. The zero-order valence-corrected chi connectivity index (χ0v) is 18.3. The molecule has 1 aromatic carbocycles. The van der Waals surface area contributed by atoms with Crippen LogP contribution in [0.5, 0.6) is 0 Å². The van der Waals surface area contributed by atoms with Crippen LogP contribution >= 0.6 is 35.7 Å². The standard InChI is InChI=1S/C18H28N4OS.HI/c1-4-19-18(21-15-10-11-17(23)22(3)13-15)20-12-14(2)24-16-8-6-5-7-9-16;/h5-9,14-15H,4,10-13H2,1-3H3,(H2,19,20,21);1H. The largest absolute Gasteiger partial charge is 0.357 e. The molecule has 1 saturated heterocycles. The van der Waals surface area contributed by atoms with E-state index in [1.807, 2.05) is 24.9 Å². The molecular weight excluding hydrogens is 447 g/mol. The first-order valence-electron chi connectivity index (χ1n) is 8.59. The number of carbonyl (C=O) groups excluding carboxylic acids is 1. The summed E-state index contributed by atoms with van der Waals surface area (Å²) in [5, 5.41) is 7.17. The topological polar surface area (TPSA) is 56.7 Å². The van der Waals surface area contributed by atoms with E-state index in [1.54, 1.807) is 4.90 Å². The van der Waals surface area contributed by atoms with Crippen molar-refractivity contribution in [3.05, 3.63) is 30.3 Å². The normalized spacial score (nSPS) is 19.2. The van der Waals surface area contributed by atoms with Crippen molar-refractivity contribution in [1.29, 1.82) is 0 Å². The number of hydrogen-bond acceptors (Lipinski definition) is 3. The lowest BCUT2D eigenvalue weighted by atomic mass is 10.1. The molecule has 1 aliphatic heterocycles. The van der Waals surface area contributed by atoms with Gasteiger partial charge in [0.1, 0.15) is 0 Å². The fourth-order valence-corrected chi connectivity index (χ4v) is 3.56. The molecule has 25 heavy (non-hydrogen) atoms. The highest BCUT2D eigenvalue weighted by Gasteiger charge is 2.23. The molecule has 0 aliphatic carbocycles. The van der Waals surface area contributed by atoms with Crippen molar-refractivity contribution < 1.29 is 4.79 Å². The molecule has 1 amide bonds. The number of hydrogen-bond donors (Lipinski definition) is 2. The Morgan fingerprint density at radius 1 is 1.40 bits per heavy atom. The number of likely N-dealkylation sites (tertiary alicyclic amines) is 1. The Morgan fingerprint density at radius 2 is 2.12 bits per heavy atom. The van der Waals surface area contributed by atoms with Crippen molar-refractivity contribution in [3.63, 3.8) is 0 Å². The number of likely N-dealkylation sites (N-methyl/N-ethyl adjacent to an activating group) is 1. The first kappa shape index (κ1) is 22.1. The van der Waals surface area contributed by atoms with E-state index in [1.165, 1.54) is 4.90 Å². The monoisotopic (exact) mass is 476 g/mol. The lowest BCUT2D eigenvalue weighted by Crippen LogP contribution is -2.51. The van der Waals surface area contributed by atoms with E-state index in [9.17, 15) is 4.79 Å². The molecule has 2 unspecified atom stereocenters. The molecular formula is C18H29IN4OS. The van der Waals surface area contributed by atoms with Crippen molar-refractivity contribution in [1.82, 2.24) is 15.5 Å². The van der Waals surface area contributed by atoms with E-state index in [0.29, 0.717) is 11.7 Å². The average Bonchev–Trinajstić information content (AvgIpc) is 2.57. The third-order valence-corrected chi connectivity index (χ3v) is 4.99. The van der Waals surface area contributed by atoms with Gasteiger partial charge in [-0.2, -0.15) is 0 Å². The lowest BCUT2D eigenvalue weighted by molar-refractivity contribution is -0.132. The van der Waals surface area contributed by atoms with E-state index in [2.05, 4.69) is 48.7 Å². The number of carbonyl (C=O) groups is 1. The Hall–Kier alpha value is -0.960. The van der Waals surface area contributed by atoms with Crippen LogP contribution in [0, 0.1) is 0 Å². The van der Waals surface area contributed by atoms with Gasteiger partial charge >= 0.3 is 0 Å². The number of aliphatic imine (C=N–C) groups is 1. The van der Waals surface area contributed by atoms with Crippen molar-refractivity contribution in [3.8, 4) is 0 Å². The minimum atomic E-state index is 0. The third-order valence-electron chi connectivity index (χ3n) is 3.90. The molecule has 140 valence electrons. The number of halogens is 1. The van der Waals surface area contributed by atoms with Crippen LogP contribution in [0.15, 0.2) is 40.2 Å². The Kier molecular flexibility index (Phi) is 10.3. The van der Waals surface area contributed by atoms with Crippen LogP contribution < -0.4 is 10.6 Å². The molecule has 0 saturated carbocycles. The SMILES string of the molecule is CCNC(=NCC(C)Sc1ccccc1)NC1CCC(=O)N(C)C1.I. The summed E-state index contributed by atoms with van der Waals surface area (Å²) in [6, 6.07) is 10.7. The minimum absolute atomic E-state index is 0. The first-order valence-corrected chi connectivity index (χ1v) is 9.47. The maximum Gasteiger partial charge on any atom is 0.222 e. The molecule has 0 bridgehead atoms. The molecule has 0 spiro atoms. The maximum absolute atomic E-state index is 11.6. The van der Waals surface area contributed by atoms with Crippen LogP contribution in [0.1, 0.15) is 26.7 Å². The maximum atomic E-state index is 11.6. The van der Waals surface area contributed by atoms with Crippen LogP contribution in [-0.2, 0) is 4.79 Å². The number of piperidine rings is 1. The van der Waals surface area contributed by atoms with E-state index >= 15 is 0 Å². The number of amides is 1. The van der Waals surface area contributed by atoms with Crippen molar-refractivity contribution in [2.75, 3.05) is 26.7 Å². The van der Waals surface area contributed by atoms with Gasteiger partial charge in [-0.05, 0) is 25.5 Å². The molecule has 0 radical (unpaired) electrons. The molecule has 1 aromatic rings. The second-order valence-electron chi connectivity index (χ2n) is 6.12. The van der Waals surface area contributed by atoms with Gasteiger partial charge in [0.25, 0.3) is 0 Å². The van der Waals surface area contributed by atoms with Crippen molar-refractivity contribution in [2.24, 2.45) is 4.99 Å². The molecule has 0 aromatic heterocycles. The van der Waals surface area contributed by atoms with Gasteiger partial charge in [-0.3, -0.25) is 9.79 Å². The number of guanidine groups is 1. The molecule has 1 fully saturated rings. The van der Waals surface area contributed by atoms with E-state index in [0.717, 1.165) is 32.0 Å². The van der Waals surface area contributed by atoms with E-state index in [4.69, 9.17) is 4.99 Å². The van der Waals surface area contributed by atoms with Gasteiger partial charge < -0.3 is 15.5 Å². The molecule has 5 nitrogen and oxygen atoms in total. The number of thioether (sulfide) groups is 1. The van der Waals surface area contributed by atoms with Gasteiger partial charge in [-0.25, -0.2) is 0 Å². The molecule has 1 heterocycles. The molecule has 2 atom stereocenters. The van der Waals surface area contributed by atoms with Crippen LogP contribution in [0.3, 0.4) is 0 Å². The fraction of sp³-hybridized carbons (Fsp3) is 0.556. The molecule has 2 N–H and O–H groups in total. The summed E-state index contributed by atoms with van der Waals surface area (Å²) >= 11 is 1.83. The highest BCUT2D eigenvalue weighted by Crippen LogP contribution is 2.22. The van der Waals surface area contributed by atoms with E-state index < -0.39 is 0 Å². The summed E-state index contributed by atoms with van der Waals surface area (Å²) < 4.78 is 0. The Balaban J connectivity index is 0.00000312. The van der Waals surface area contributed by atoms with Gasteiger partial charge in [0, 0.05) is 42.7 Å². The summed E-state index contributed by atoms with van der Waals surface area (Å²) in [6.07, 6.45) is 1.47. The predicted molar refractivity (Wildman–Crippen MR) is 117 cm³/mol. The quantitative estimate of drug-likeness (QED) is 0.287. The first-order chi connectivity index (χ1) is 11.6. The molecule has 7 heteroatoms. The summed E-state index contributed by atoms with van der Waals surface area (Å²) in [4.78, 5) is 19.4. The number of rotatable bonds is 6.